The molecule has 2 rings (SSSR count). The van der Waals surface area contributed by atoms with Gasteiger partial charge in [-0.2, -0.15) is 0 Å². The zero-order valence-electron chi connectivity index (χ0n) is 16.8. The first kappa shape index (κ1) is 22.4. The van der Waals surface area contributed by atoms with Crippen molar-refractivity contribution in [2.24, 2.45) is 0 Å². The van der Waals surface area contributed by atoms with Crippen molar-refractivity contribution in [1.29, 1.82) is 0 Å². The summed E-state index contributed by atoms with van der Waals surface area (Å²) in [5.74, 6) is 0. The van der Waals surface area contributed by atoms with Gasteiger partial charge in [0.05, 0.1) is 6.61 Å². The number of benzene rings is 1. The molecule has 0 aromatic heterocycles. The van der Waals surface area contributed by atoms with E-state index in [0.717, 1.165) is 22.7 Å². The number of ether oxygens (including phenoxy) is 2. The van der Waals surface area contributed by atoms with Gasteiger partial charge in [0.2, 0.25) is 0 Å². The second-order valence-electron chi connectivity index (χ2n) is 9.00. The maximum absolute atomic E-state index is 13.1. The molecule has 3 unspecified atom stereocenters. The quantitative estimate of drug-likeness (QED) is 0.237. The molecule has 7 heteroatoms. The Kier molecular flexibility index (Phi) is 7.81. The molecule has 0 amide bonds. The predicted octanol–water partition coefficient (Wildman–Crippen LogP) is 4.97. The van der Waals surface area contributed by atoms with Gasteiger partial charge < -0.3 is 14.0 Å². The molecular weight excluding hydrogens is 430 g/mol. The second kappa shape index (κ2) is 9.07. The molecule has 4 nitrogen and oxygen atoms in total. The van der Waals surface area contributed by atoms with Crippen LogP contribution in [0.1, 0.15) is 32.4 Å². The third-order valence-corrected chi connectivity index (χ3v) is 8.40. The van der Waals surface area contributed by atoms with Gasteiger partial charge in [0.25, 0.3) is 0 Å². The lowest BCUT2D eigenvalue weighted by Gasteiger charge is -2.45. The zero-order valence-corrected chi connectivity index (χ0v) is 20.2. The minimum atomic E-state index is -1.15. The first-order valence-electron chi connectivity index (χ1n) is 9.12. The van der Waals surface area contributed by atoms with Gasteiger partial charge in [0.15, 0.2) is 0 Å². The maximum atomic E-state index is 13.1. The van der Waals surface area contributed by atoms with E-state index in [1.807, 2.05) is 37.2 Å². The predicted molar refractivity (Wildman–Crippen MR) is 115 cm³/mol. The Labute approximate surface area is 171 Å². The molecule has 1 aromatic rings. The summed E-state index contributed by atoms with van der Waals surface area (Å²) in [4.78, 5) is 0. The lowest BCUT2D eigenvalue weighted by Crippen LogP contribution is -2.57. The molecule has 1 aliphatic rings. The number of halogens is 1. The normalized spacial score (nSPS) is 22.3. The molecule has 0 radical (unpaired) electrons. The van der Waals surface area contributed by atoms with Crippen LogP contribution in [0.15, 0.2) is 28.7 Å². The minimum Gasteiger partial charge on any atom is -0.597 e. The van der Waals surface area contributed by atoms with Crippen molar-refractivity contribution in [2.75, 3.05) is 19.9 Å². The summed E-state index contributed by atoms with van der Waals surface area (Å²) in [5, 5.41) is 0. The van der Waals surface area contributed by atoms with Gasteiger partial charge in [-0.1, -0.05) is 52.0 Å². The fourth-order valence-electron chi connectivity index (χ4n) is 2.63. The Bertz CT molecular complexity index is 574. The van der Waals surface area contributed by atoms with Crippen LogP contribution in [0.2, 0.25) is 25.7 Å². The van der Waals surface area contributed by atoms with Crippen molar-refractivity contribution in [1.82, 2.24) is 4.31 Å². The molecule has 1 fully saturated rings. The van der Waals surface area contributed by atoms with Crippen LogP contribution >= 0.6 is 15.9 Å². The van der Waals surface area contributed by atoms with Crippen LogP contribution in [0.5, 0.6) is 0 Å². The van der Waals surface area contributed by atoms with E-state index in [2.05, 4.69) is 47.7 Å². The highest BCUT2D eigenvalue weighted by Gasteiger charge is 2.47. The van der Waals surface area contributed by atoms with Gasteiger partial charge in [-0.05, 0) is 44.5 Å². The summed E-state index contributed by atoms with van der Waals surface area (Å²) in [5.41, 5.74) is 1.11. The maximum Gasteiger partial charge on any atom is 0.143 e. The highest BCUT2D eigenvalue weighted by atomic mass is 79.9. The largest absolute Gasteiger partial charge is 0.597 e. The SMILES string of the molecule is CC(C)(C)[S+]([O-])N(COCC[Si](C)(C)C)C1COC1c1ccc(Br)cc1. The number of hydrogen-bond acceptors (Lipinski definition) is 4. The van der Waals surface area contributed by atoms with Crippen molar-refractivity contribution in [3.63, 3.8) is 0 Å². The number of rotatable bonds is 8. The van der Waals surface area contributed by atoms with Crippen LogP contribution in [0.25, 0.3) is 0 Å². The van der Waals surface area contributed by atoms with Gasteiger partial charge in [-0.3, -0.25) is 0 Å². The van der Waals surface area contributed by atoms with E-state index < -0.39 is 19.4 Å². The molecule has 1 aromatic carbocycles. The monoisotopic (exact) mass is 461 g/mol. The smallest absolute Gasteiger partial charge is 0.143 e. The molecule has 0 aliphatic carbocycles. The van der Waals surface area contributed by atoms with E-state index in [9.17, 15) is 4.55 Å². The number of hydrogen-bond donors (Lipinski definition) is 0. The fourth-order valence-corrected chi connectivity index (χ4v) is 4.95. The first-order chi connectivity index (χ1) is 12.0. The zero-order chi connectivity index (χ0) is 19.5. The molecule has 1 aliphatic heterocycles. The van der Waals surface area contributed by atoms with Crippen molar-refractivity contribution in [3.8, 4) is 0 Å². The third-order valence-electron chi connectivity index (χ3n) is 4.32. The third kappa shape index (κ3) is 6.33. The topological polar surface area (TPSA) is 44.8 Å². The van der Waals surface area contributed by atoms with Crippen molar-refractivity contribution in [2.45, 2.75) is 63.3 Å². The van der Waals surface area contributed by atoms with E-state index in [0.29, 0.717) is 13.3 Å². The van der Waals surface area contributed by atoms with E-state index >= 15 is 0 Å². The van der Waals surface area contributed by atoms with Gasteiger partial charge in [0, 0.05) is 30.5 Å². The van der Waals surface area contributed by atoms with Gasteiger partial charge in [0.1, 0.15) is 23.6 Å². The molecule has 0 saturated carbocycles. The van der Waals surface area contributed by atoms with Gasteiger partial charge in [-0.25, -0.2) is 0 Å². The summed E-state index contributed by atoms with van der Waals surface area (Å²) in [6.45, 7) is 14.7. The fraction of sp³-hybridized carbons (Fsp3) is 0.684. The first-order valence-corrected chi connectivity index (χ1v) is 14.7. The van der Waals surface area contributed by atoms with Crippen LogP contribution in [-0.4, -0.2) is 47.7 Å². The summed E-state index contributed by atoms with van der Waals surface area (Å²) < 4.78 is 27.6. The molecular formula is C19H32BrNO3SSi. The van der Waals surface area contributed by atoms with Crippen LogP contribution in [0, 0.1) is 0 Å². The Balaban J connectivity index is 2.06. The Morgan fingerprint density at radius 3 is 2.35 bits per heavy atom. The van der Waals surface area contributed by atoms with E-state index in [1.165, 1.54) is 0 Å². The summed E-state index contributed by atoms with van der Waals surface area (Å²) >= 11 is 2.32. The van der Waals surface area contributed by atoms with E-state index in [1.54, 1.807) is 0 Å². The lowest BCUT2D eigenvalue weighted by molar-refractivity contribution is -0.133. The molecule has 148 valence electrons. The molecule has 3 atom stereocenters. The summed E-state index contributed by atoms with van der Waals surface area (Å²) in [6.07, 6.45) is -0.0602. The highest BCUT2D eigenvalue weighted by Crippen LogP contribution is 2.37. The van der Waals surface area contributed by atoms with Crippen LogP contribution in [0.4, 0.5) is 0 Å². The van der Waals surface area contributed by atoms with Gasteiger partial charge >= 0.3 is 0 Å². The Morgan fingerprint density at radius 2 is 1.88 bits per heavy atom. The Hall–Kier alpha value is 0.107. The lowest BCUT2D eigenvalue weighted by atomic mass is 9.98. The standard InChI is InChI=1S/C19H32BrNO3SSi/c1-19(2,3)25(22)21(14-23-11-12-26(4,5)6)17-13-24-18(17)15-7-9-16(20)10-8-15/h7-10,17-18H,11-14H2,1-6H3. The van der Waals surface area contributed by atoms with Crippen LogP contribution in [0.3, 0.4) is 0 Å². The highest BCUT2D eigenvalue weighted by molar-refractivity contribution is 9.10. The average Bonchev–Trinajstić information content (AvgIpc) is 2.48. The molecule has 26 heavy (non-hydrogen) atoms. The van der Waals surface area contributed by atoms with E-state index in [-0.39, 0.29) is 16.9 Å². The second-order valence-corrected chi connectivity index (χ2v) is 17.7. The molecule has 0 spiro atoms. The van der Waals surface area contributed by atoms with E-state index in [4.69, 9.17) is 9.47 Å². The summed E-state index contributed by atoms with van der Waals surface area (Å²) in [6, 6.07) is 9.34. The van der Waals surface area contributed by atoms with Gasteiger partial charge in [-0.15, -0.1) is 0 Å². The average molecular weight is 463 g/mol. The summed E-state index contributed by atoms with van der Waals surface area (Å²) in [7, 11) is -1.13. The van der Waals surface area contributed by atoms with Crippen molar-refractivity contribution >= 4 is 35.4 Å². The molecule has 0 bridgehead atoms. The Morgan fingerprint density at radius 1 is 1.27 bits per heavy atom. The molecule has 0 N–H and O–H groups in total. The number of nitrogens with zero attached hydrogens (tertiary/aromatic N) is 1. The van der Waals surface area contributed by atoms with Crippen molar-refractivity contribution in [3.05, 3.63) is 34.3 Å². The minimum absolute atomic E-state index is 0.0602. The molecule has 1 saturated heterocycles. The van der Waals surface area contributed by atoms with Crippen molar-refractivity contribution < 1.29 is 14.0 Å². The van der Waals surface area contributed by atoms with Crippen LogP contribution in [-0.2, 0) is 20.8 Å². The molecule has 1 heterocycles. The van der Waals surface area contributed by atoms with Crippen LogP contribution < -0.4 is 0 Å².